The number of carboxylic acids is 1. The Kier molecular flexibility index (Phi) is 3.57. The van der Waals surface area contributed by atoms with Gasteiger partial charge in [-0.05, 0) is 35.0 Å². The minimum atomic E-state index is -1.00. The van der Waals surface area contributed by atoms with E-state index in [1.807, 2.05) is 0 Å². The van der Waals surface area contributed by atoms with Crippen molar-refractivity contribution in [2.45, 2.75) is 12.8 Å². The fourth-order valence-electron chi connectivity index (χ4n) is 1.26. The van der Waals surface area contributed by atoms with E-state index in [1.165, 1.54) is 20.1 Å². The smallest absolute Gasteiger partial charge is 0.310 e. The molecule has 82 valence electrons. The number of halogens is 1. The first-order valence-corrected chi connectivity index (χ1v) is 5.06. The van der Waals surface area contributed by atoms with Gasteiger partial charge in [0.15, 0.2) is 0 Å². The van der Waals surface area contributed by atoms with Crippen molar-refractivity contribution in [3.63, 3.8) is 0 Å². The maximum absolute atomic E-state index is 10.8. The third-order valence-corrected chi connectivity index (χ3v) is 2.96. The first-order valence-electron chi connectivity index (χ1n) is 4.27. The van der Waals surface area contributed by atoms with Gasteiger partial charge in [-0.3, -0.25) is 4.79 Å². The van der Waals surface area contributed by atoms with Crippen molar-refractivity contribution in [3.8, 4) is 11.5 Å². The van der Waals surface area contributed by atoms with Crippen molar-refractivity contribution in [2.75, 3.05) is 7.11 Å². The Morgan fingerprint density at radius 2 is 2.13 bits per heavy atom. The van der Waals surface area contributed by atoms with Gasteiger partial charge in [-0.1, -0.05) is 0 Å². The molecule has 0 aliphatic heterocycles. The second-order valence-electron chi connectivity index (χ2n) is 3.07. The predicted octanol–water partition coefficient (Wildman–Crippen LogP) is 2.35. The first-order chi connectivity index (χ1) is 6.99. The average molecular weight is 275 g/mol. The molecular weight excluding hydrogens is 264 g/mol. The summed E-state index contributed by atoms with van der Waals surface area (Å²) in [6.45, 7) is 1.50. The molecule has 1 aromatic carbocycles. The van der Waals surface area contributed by atoms with Gasteiger partial charge in [-0.15, -0.1) is 0 Å². The van der Waals surface area contributed by atoms with Crippen LogP contribution in [-0.4, -0.2) is 23.3 Å². The third-order valence-electron chi connectivity index (χ3n) is 2.14. The number of aliphatic carboxylic acids is 1. The summed E-state index contributed by atoms with van der Waals surface area (Å²) in [6.07, 6.45) is 0. The summed E-state index contributed by atoms with van der Waals surface area (Å²) in [5, 5.41) is 18.5. The van der Waals surface area contributed by atoms with Crippen LogP contribution in [0.1, 0.15) is 18.4 Å². The summed E-state index contributed by atoms with van der Waals surface area (Å²) in [5.74, 6) is -1.36. The number of hydrogen-bond acceptors (Lipinski definition) is 3. The zero-order valence-electron chi connectivity index (χ0n) is 8.32. The molecule has 1 aromatic rings. The first kappa shape index (κ1) is 11.8. The Labute approximate surface area is 95.6 Å². The van der Waals surface area contributed by atoms with Crippen LogP contribution >= 0.6 is 15.9 Å². The summed E-state index contributed by atoms with van der Waals surface area (Å²) < 4.78 is 5.49. The zero-order valence-corrected chi connectivity index (χ0v) is 9.91. The lowest BCUT2D eigenvalue weighted by Crippen LogP contribution is -2.08. The second kappa shape index (κ2) is 4.53. The van der Waals surface area contributed by atoms with E-state index in [0.29, 0.717) is 15.8 Å². The van der Waals surface area contributed by atoms with Gasteiger partial charge >= 0.3 is 5.97 Å². The molecule has 0 heterocycles. The van der Waals surface area contributed by atoms with E-state index in [2.05, 4.69) is 15.9 Å². The van der Waals surface area contributed by atoms with Gasteiger partial charge in [0.2, 0.25) is 0 Å². The zero-order chi connectivity index (χ0) is 11.6. The maximum Gasteiger partial charge on any atom is 0.310 e. The van der Waals surface area contributed by atoms with Gasteiger partial charge in [0.25, 0.3) is 0 Å². The fraction of sp³-hybridized carbons (Fsp3) is 0.300. The average Bonchev–Trinajstić information content (AvgIpc) is 2.17. The number of aromatic hydroxyl groups is 1. The predicted molar refractivity (Wildman–Crippen MR) is 58.4 cm³/mol. The van der Waals surface area contributed by atoms with Crippen molar-refractivity contribution >= 4 is 21.9 Å². The number of carbonyl (C=O) groups is 1. The van der Waals surface area contributed by atoms with Gasteiger partial charge < -0.3 is 14.9 Å². The van der Waals surface area contributed by atoms with Crippen LogP contribution in [0.2, 0.25) is 0 Å². The molecule has 0 saturated heterocycles. The molecule has 2 N–H and O–H groups in total. The van der Waals surface area contributed by atoms with Crippen LogP contribution in [0.5, 0.6) is 11.5 Å². The highest BCUT2D eigenvalue weighted by atomic mass is 79.9. The van der Waals surface area contributed by atoms with E-state index in [4.69, 9.17) is 9.84 Å². The lowest BCUT2D eigenvalue weighted by atomic mass is 10.00. The molecule has 4 nitrogen and oxygen atoms in total. The van der Waals surface area contributed by atoms with Crippen LogP contribution in [0.15, 0.2) is 16.6 Å². The van der Waals surface area contributed by atoms with Crippen molar-refractivity contribution in [3.05, 3.63) is 22.2 Å². The molecule has 0 aliphatic carbocycles. The molecule has 0 fully saturated rings. The molecular formula is C10H11BrO4. The molecule has 0 radical (unpaired) electrons. The summed E-state index contributed by atoms with van der Waals surface area (Å²) in [4.78, 5) is 10.8. The molecule has 0 saturated carbocycles. The highest BCUT2D eigenvalue weighted by Gasteiger charge is 2.22. The van der Waals surface area contributed by atoms with Crippen molar-refractivity contribution in [1.82, 2.24) is 0 Å². The van der Waals surface area contributed by atoms with Crippen LogP contribution in [-0.2, 0) is 4.79 Å². The summed E-state index contributed by atoms with van der Waals surface area (Å²) in [7, 11) is 1.48. The van der Waals surface area contributed by atoms with E-state index in [0.717, 1.165) is 0 Å². The van der Waals surface area contributed by atoms with Crippen LogP contribution in [0, 0.1) is 0 Å². The van der Waals surface area contributed by atoms with Crippen LogP contribution in [0.25, 0.3) is 0 Å². The number of hydrogen-bond donors (Lipinski definition) is 2. The standard InChI is InChI=1S/C10H11BrO4/c1-5(10(13)14)8-6(12)3-4-7(15-2)9(8)11/h3-5,12H,1-2H3,(H,13,14). The molecule has 1 atom stereocenters. The normalized spacial score (nSPS) is 12.2. The van der Waals surface area contributed by atoms with E-state index in [1.54, 1.807) is 6.07 Å². The fourth-order valence-corrected chi connectivity index (χ4v) is 2.10. The Morgan fingerprint density at radius 3 is 2.60 bits per heavy atom. The molecule has 1 unspecified atom stereocenters. The quantitative estimate of drug-likeness (QED) is 0.888. The Morgan fingerprint density at radius 1 is 1.53 bits per heavy atom. The largest absolute Gasteiger partial charge is 0.508 e. The van der Waals surface area contributed by atoms with Crippen molar-refractivity contribution in [2.24, 2.45) is 0 Å². The lowest BCUT2D eigenvalue weighted by molar-refractivity contribution is -0.138. The maximum atomic E-state index is 10.8. The van der Waals surface area contributed by atoms with E-state index in [-0.39, 0.29) is 5.75 Å². The Bertz CT molecular complexity index is 389. The van der Waals surface area contributed by atoms with Crippen molar-refractivity contribution in [1.29, 1.82) is 0 Å². The van der Waals surface area contributed by atoms with Gasteiger partial charge in [0.1, 0.15) is 11.5 Å². The second-order valence-corrected chi connectivity index (χ2v) is 3.87. The van der Waals surface area contributed by atoms with Crippen LogP contribution < -0.4 is 4.74 Å². The van der Waals surface area contributed by atoms with Gasteiger partial charge in [-0.25, -0.2) is 0 Å². The molecule has 0 bridgehead atoms. The van der Waals surface area contributed by atoms with Gasteiger partial charge in [-0.2, -0.15) is 0 Å². The molecule has 0 amide bonds. The van der Waals surface area contributed by atoms with Crippen LogP contribution in [0.4, 0.5) is 0 Å². The summed E-state index contributed by atoms with van der Waals surface area (Å²) in [6, 6.07) is 2.98. The number of benzene rings is 1. The van der Waals surface area contributed by atoms with E-state index >= 15 is 0 Å². The molecule has 5 heteroatoms. The van der Waals surface area contributed by atoms with E-state index < -0.39 is 11.9 Å². The number of rotatable bonds is 3. The molecule has 0 spiro atoms. The van der Waals surface area contributed by atoms with Crippen molar-refractivity contribution < 1.29 is 19.7 Å². The number of methoxy groups -OCH3 is 1. The topological polar surface area (TPSA) is 66.8 Å². The Hall–Kier alpha value is -1.23. The number of phenolic OH excluding ortho intramolecular Hbond substituents is 1. The lowest BCUT2D eigenvalue weighted by Gasteiger charge is -2.13. The highest BCUT2D eigenvalue weighted by molar-refractivity contribution is 9.10. The number of carboxylic acid groups (broad SMARTS) is 1. The minimum Gasteiger partial charge on any atom is -0.508 e. The number of ether oxygens (including phenoxy) is 1. The molecule has 0 aromatic heterocycles. The molecule has 1 rings (SSSR count). The third kappa shape index (κ3) is 2.23. The monoisotopic (exact) mass is 274 g/mol. The number of phenols is 1. The van der Waals surface area contributed by atoms with E-state index in [9.17, 15) is 9.90 Å². The minimum absolute atomic E-state index is 0.0578. The molecule has 15 heavy (non-hydrogen) atoms. The van der Waals surface area contributed by atoms with Gasteiger partial charge in [0.05, 0.1) is 17.5 Å². The molecule has 0 aliphatic rings. The Balaban J connectivity index is 3.32. The SMILES string of the molecule is COc1ccc(O)c(C(C)C(=O)O)c1Br. The summed E-state index contributed by atoms with van der Waals surface area (Å²) in [5.41, 5.74) is 0.321. The summed E-state index contributed by atoms with van der Waals surface area (Å²) >= 11 is 3.21. The highest BCUT2D eigenvalue weighted by Crippen LogP contribution is 2.39. The van der Waals surface area contributed by atoms with Gasteiger partial charge in [0, 0.05) is 5.56 Å². The van der Waals surface area contributed by atoms with Crippen LogP contribution in [0.3, 0.4) is 0 Å².